The Balaban J connectivity index is 1.84. The number of carbonyl (C=O) groups excluding carboxylic acids is 1. The third-order valence-corrected chi connectivity index (χ3v) is 6.79. The lowest BCUT2D eigenvalue weighted by atomic mass is 10.1. The van der Waals surface area contributed by atoms with E-state index in [2.05, 4.69) is 16.9 Å². The average molecular weight is 614 g/mol. The third-order valence-electron chi connectivity index (χ3n) is 5.64. The Morgan fingerprint density at radius 2 is 2.23 bits per heavy atom. The molecule has 9 nitrogen and oxygen atoms in total. The van der Waals surface area contributed by atoms with Crippen molar-refractivity contribution in [1.82, 2.24) is 14.4 Å². The zero-order valence-electron chi connectivity index (χ0n) is 18.9. The number of hydrogen-bond donors (Lipinski definition) is 1. The fraction of sp³-hybridized carbons (Fsp3) is 0.304. The van der Waals surface area contributed by atoms with E-state index in [0.29, 0.717) is 40.4 Å². The summed E-state index contributed by atoms with van der Waals surface area (Å²) in [4.78, 5) is 36.3. The lowest BCUT2D eigenvalue weighted by molar-refractivity contribution is 0.0595. The van der Waals surface area contributed by atoms with Gasteiger partial charge in [0, 0.05) is 18.3 Å². The lowest BCUT2D eigenvalue weighted by Gasteiger charge is -2.35. The first kappa shape index (κ1) is 25.3. The molecule has 3 aromatic rings. The number of fused-ring (bicyclic) bond motifs is 1. The summed E-state index contributed by atoms with van der Waals surface area (Å²) in [5.74, 6) is -0.807. The summed E-state index contributed by atoms with van der Waals surface area (Å²) in [6.45, 7) is 7.06. The number of halogens is 3. The van der Waals surface area contributed by atoms with Gasteiger partial charge in [-0.25, -0.2) is 19.2 Å². The number of rotatable bonds is 6. The van der Waals surface area contributed by atoms with Gasteiger partial charge in [0.15, 0.2) is 11.5 Å². The van der Waals surface area contributed by atoms with E-state index in [1.165, 1.54) is 23.6 Å². The van der Waals surface area contributed by atoms with Gasteiger partial charge < -0.3 is 19.7 Å². The minimum Gasteiger partial charge on any atom is -0.464 e. The quantitative estimate of drug-likeness (QED) is 0.194. The maximum Gasteiger partial charge on any atom is 0.358 e. The van der Waals surface area contributed by atoms with Gasteiger partial charge in [0.05, 0.1) is 38.1 Å². The molecule has 0 aromatic carbocycles. The van der Waals surface area contributed by atoms with Crippen LogP contribution in [0.2, 0.25) is 5.15 Å². The number of ether oxygens (including phenoxy) is 2. The molecule has 1 saturated heterocycles. The summed E-state index contributed by atoms with van der Waals surface area (Å²) in [5, 5.41) is 3.27. The molecular formula is C23H22ClFIN5O4. The molecule has 0 aliphatic carbocycles. The van der Waals surface area contributed by atoms with Gasteiger partial charge in [0.1, 0.15) is 20.2 Å². The smallest absolute Gasteiger partial charge is 0.358 e. The number of hydrogen-bond acceptors (Lipinski definition) is 8. The van der Waals surface area contributed by atoms with Crippen LogP contribution in [-0.4, -0.2) is 53.2 Å². The molecule has 184 valence electrons. The molecule has 2 atom stereocenters. The van der Waals surface area contributed by atoms with Crippen molar-refractivity contribution in [3.63, 3.8) is 0 Å². The van der Waals surface area contributed by atoms with Crippen LogP contribution in [0.3, 0.4) is 0 Å². The number of methoxy groups -OCH3 is 1. The second-order valence-electron chi connectivity index (χ2n) is 7.82. The molecule has 35 heavy (non-hydrogen) atoms. The second-order valence-corrected chi connectivity index (χ2v) is 9.29. The first-order valence-corrected chi connectivity index (χ1v) is 12.1. The van der Waals surface area contributed by atoms with Crippen LogP contribution in [0.4, 0.5) is 15.9 Å². The first-order valence-electron chi connectivity index (χ1n) is 10.6. The van der Waals surface area contributed by atoms with Gasteiger partial charge >= 0.3 is 5.97 Å². The van der Waals surface area contributed by atoms with E-state index in [-0.39, 0.29) is 22.5 Å². The highest BCUT2D eigenvalue weighted by atomic mass is 127. The molecule has 0 bridgehead atoms. The van der Waals surface area contributed by atoms with Gasteiger partial charge in [0.2, 0.25) is 0 Å². The van der Waals surface area contributed by atoms with Crippen molar-refractivity contribution < 1.29 is 18.7 Å². The molecule has 1 aliphatic heterocycles. The number of aromatic nitrogens is 3. The van der Waals surface area contributed by atoms with E-state index < -0.39 is 23.4 Å². The van der Waals surface area contributed by atoms with E-state index >= 15 is 0 Å². The number of carbonyl (C=O) groups is 1. The van der Waals surface area contributed by atoms with E-state index in [4.69, 9.17) is 26.1 Å². The molecule has 1 N–H and O–H groups in total. The van der Waals surface area contributed by atoms with Crippen LogP contribution in [0.15, 0.2) is 41.8 Å². The van der Waals surface area contributed by atoms with Crippen LogP contribution in [0, 0.1) is 9.39 Å². The minimum atomic E-state index is -0.680. The van der Waals surface area contributed by atoms with Gasteiger partial charge in [-0.15, -0.1) is 6.58 Å². The monoisotopic (exact) mass is 613 g/mol. The lowest BCUT2D eigenvalue weighted by Crippen LogP contribution is -2.46. The van der Waals surface area contributed by atoms with Crippen molar-refractivity contribution in [2.24, 2.45) is 0 Å². The van der Waals surface area contributed by atoms with Gasteiger partial charge in [-0.3, -0.25) is 9.20 Å². The van der Waals surface area contributed by atoms with E-state index in [9.17, 15) is 14.0 Å². The SMILES string of the molecule is C=C[C@@H]1COCCN1c1nc2c([C@@H](C)Nc3ccc(Cl)nc3C(=O)OC)cc(F)cn2c(=O)c1I. The van der Waals surface area contributed by atoms with Crippen LogP contribution >= 0.6 is 34.2 Å². The Kier molecular flexibility index (Phi) is 7.57. The zero-order chi connectivity index (χ0) is 25.3. The molecule has 1 fully saturated rings. The average Bonchev–Trinajstić information content (AvgIpc) is 2.86. The number of nitrogens with one attached hydrogen (secondary N) is 1. The van der Waals surface area contributed by atoms with Crippen LogP contribution in [0.1, 0.15) is 29.0 Å². The van der Waals surface area contributed by atoms with Crippen molar-refractivity contribution in [2.75, 3.05) is 37.1 Å². The highest BCUT2D eigenvalue weighted by Gasteiger charge is 2.27. The van der Waals surface area contributed by atoms with Crippen LogP contribution < -0.4 is 15.8 Å². The third kappa shape index (κ3) is 4.98. The minimum absolute atomic E-state index is 0.0185. The number of pyridine rings is 2. The molecule has 1 aliphatic rings. The number of esters is 1. The Hall–Kier alpha value is -2.77. The summed E-state index contributed by atoms with van der Waals surface area (Å²) in [7, 11) is 1.24. The molecule has 0 spiro atoms. The molecule has 0 radical (unpaired) electrons. The number of nitrogens with zero attached hydrogens (tertiary/aromatic N) is 4. The second kappa shape index (κ2) is 10.5. The topological polar surface area (TPSA) is 98.1 Å². The normalized spacial score (nSPS) is 16.7. The van der Waals surface area contributed by atoms with Crippen LogP contribution in [-0.2, 0) is 9.47 Å². The molecule has 0 unspecified atom stereocenters. The molecule has 4 rings (SSSR count). The van der Waals surface area contributed by atoms with Crippen molar-refractivity contribution in [1.29, 1.82) is 0 Å². The van der Waals surface area contributed by atoms with Gasteiger partial charge in [0.25, 0.3) is 5.56 Å². The standard InChI is InChI=1S/C23H22ClFIN5O4/c1-4-14-11-35-8-7-30(14)21-18(26)22(32)31-10-13(25)9-15(20(31)29-21)12(2)27-16-5-6-17(24)28-19(16)23(33)34-3/h4-6,9-10,12,14,27H,1,7-8,11H2,2-3H3/t12-,14-/m1/s1. The molecule has 0 amide bonds. The van der Waals surface area contributed by atoms with Crippen molar-refractivity contribution in [2.45, 2.75) is 19.0 Å². The highest BCUT2D eigenvalue weighted by Crippen LogP contribution is 2.29. The largest absolute Gasteiger partial charge is 0.464 e. The van der Waals surface area contributed by atoms with Crippen molar-refractivity contribution in [3.8, 4) is 0 Å². The Morgan fingerprint density at radius 3 is 2.94 bits per heavy atom. The fourth-order valence-corrected chi connectivity index (χ4v) is 4.74. The van der Waals surface area contributed by atoms with Crippen LogP contribution in [0.25, 0.3) is 5.65 Å². The zero-order valence-corrected chi connectivity index (χ0v) is 21.8. The molecular weight excluding hydrogens is 592 g/mol. The van der Waals surface area contributed by atoms with Gasteiger partial charge in [-0.05, 0) is 47.7 Å². The summed E-state index contributed by atoms with van der Waals surface area (Å²) in [6.07, 6.45) is 2.86. The summed E-state index contributed by atoms with van der Waals surface area (Å²) >= 11 is 7.89. The maximum atomic E-state index is 14.6. The number of anilines is 2. The highest BCUT2D eigenvalue weighted by molar-refractivity contribution is 14.1. The van der Waals surface area contributed by atoms with E-state index in [1.807, 2.05) is 27.5 Å². The first-order chi connectivity index (χ1) is 16.7. The summed E-state index contributed by atoms with van der Waals surface area (Å²) < 4.78 is 26.5. The van der Waals surface area contributed by atoms with Crippen molar-refractivity contribution >= 4 is 57.3 Å². The Bertz CT molecular complexity index is 1370. The predicted octanol–water partition coefficient (Wildman–Crippen LogP) is 3.84. The van der Waals surface area contributed by atoms with E-state index in [0.717, 1.165) is 6.20 Å². The Labute approximate surface area is 219 Å². The Morgan fingerprint density at radius 1 is 1.46 bits per heavy atom. The molecule has 12 heteroatoms. The fourth-order valence-electron chi connectivity index (χ4n) is 3.90. The molecule has 4 heterocycles. The van der Waals surface area contributed by atoms with Crippen molar-refractivity contribution in [3.05, 3.63) is 73.2 Å². The molecule has 3 aromatic heterocycles. The van der Waals surface area contributed by atoms with Crippen LogP contribution in [0.5, 0.6) is 0 Å². The maximum absolute atomic E-state index is 14.6. The molecule has 0 saturated carbocycles. The number of morpholine rings is 1. The predicted molar refractivity (Wildman–Crippen MR) is 139 cm³/mol. The summed E-state index contributed by atoms with van der Waals surface area (Å²) in [5.41, 5.74) is 0.618. The van der Waals surface area contributed by atoms with E-state index in [1.54, 1.807) is 19.1 Å². The van der Waals surface area contributed by atoms with Gasteiger partial charge in [-0.2, -0.15) is 0 Å². The summed E-state index contributed by atoms with van der Waals surface area (Å²) in [6, 6.07) is 3.67. The van der Waals surface area contributed by atoms with Gasteiger partial charge in [-0.1, -0.05) is 17.7 Å².